The summed E-state index contributed by atoms with van der Waals surface area (Å²) < 4.78 is 5.58. The molecular formula is C13H8Cl2N2O2. The highest BCUT2D eigenvalue weighted by atomic mass is 35.5. The van der Waals surface area contributed by atoms with Crippen molar-refractivity contribution in [1.29, 1.82) is 0 Å². The van der Waals surface area contributed by atoms with Crippen molar-refractivity contribution in [2.75, 3.05) is 5.73 Å². The zero-order valence-corrected chi connectivity index (χ0v) is 11.0. The fourth-order valence-electron chi connectivity index (χ4n) is 1.76. The van der Waals surface area contributed by atoms with Crippen molar-refractivity contribution in [3.8, 4) is 17.2 Å². The van der Waals surface area contributed by atoms with Crippen LogP contribution in [-0.2, 0) is 0 Å². The zero-order valence-electron chi connectivity index (χ0n) is 9.52. The third-order valence-electron chi connectivity index (χ3n) is 2.69. The number of hydrogen-bond acceptors (Lipinski definition) is 4. The highest BCUT2D eigenvalue weighted by molar-refractivity contribution is 6.38. The first-order valence-corrected chi connectivity index (χ1v) is 6.14. The average molecular weight is 295 g/mol. The van der Waals surface area contributed by atoms with Gasteiger partial charge in [-0.05, 0) is 30.3 Å². The van der Waals surface area contributed by atoms with E-state index in [9.17, 15) is 5.11 Å². The maximum atomic E-state index is 9.59. The summed E-state index contributed by atoms with van der Waals surface area (Å²) in [7, 11) is 0. The molecule has 1 aromatic heterocycles. The Morgan fingerprint density at radius 1 is 1.16 bits per heavy atom. The van der Waals surface area contributed by atoms with Crippen LogP contribution in [-0.4, -0.2) is 10.1 Å². The number of halogens is 2. The van der Waals surface area contributed by atoms with Crippen LogP contribution >= 0.6 is 23.2 Å². The Bertz CT molecular complexity index is 784. The minimum atomic E-state index is -0.0242. The Morgan fingerprint density at radius 3 is 2.68 bits per heavy atom. The first-order chi connectivity index (χ1) is 9.04. The van der Waals surface area contributed by atoms with Gasteiger partial charge < -0.3 is 15.3 Å². The Morgan fingerprint density at radius 2 is 1.95 bits per heavy atom. The summed E-state index contributed by atoms with van der Waals surface area (Å²) in [4.78, 5) is 4.29. The lowest BCUT2D eigenvalue weighted by Crippen LogP contribution is -1.85. The number of anilines is 1. The molecule has 0 bridgehead atoms. The lowest BCUT2D eigenvalue weighted by molar-refractivity contribution is 0.478. The van der Waals surface area contributed by atoms with Gasteiger partial charge in [0.25, 0.3) is 0 Å². The summed E-state index contributed by atoms with van der Waals surface area (Å²) in [6.45, 7) is 0. The lowest BCUT2D eigenvalue weighted by Gasteiger charge is -1.99. The molecule has 0 saturated carbocycles. The molecule has 0 aliphatic rings. The van der Waals surface area contributed by atoms with Gasteiger partial charge in [-0.15, -0.1) is 0 Å². The molecule has 6 heteroatoms. The van der Waals surface area contributed by atoms with Crippen LogP contribution < -0.4 is 5.73 Å². The molecule has 0 aliphatic carbocycles. The molecule has 1 heterocycles. The molecule has 19 heavy (non-hydrogen) atoms. The molecule has 4 nitrogen and oxygen atoms in total. The Kier molecular flexibility index (Phi) is 2.77. The summed E-state index contributed by atoms with van der Waals surface area (Å²) in [5.74, 6) is 0.318. The minimum Gasteiger partial charge on any atom is -0.506 e. The number of hydrogen-bond donors (Lipinski definition) is 2. The molecule has 0 radical (unpaired) electrons. The largest absolute Gasteiger partial charge is 0.506 e. The van der Waals surface area contributed by atoms with Gasteiger partial charge in [0, 0.05) is 10.6 Å². The number of aromatic nitrogens is 1. The fraction of sp³-hybridized carbons (Fsp3) is 0. The van der Waals surface area contributed by atoms with Gasteiger partial charge in [-0.3, -0.25) is 0 Å². The maximum absolute atomic E-state index is 9.59. The van der Waals surface area contributed by atoms with Crippen LogP contribution in [0.2, 0.25) is 10.0 Å². The molecule has 0 aliphatic heterocycles. The zero-order chi connectivity index (χ0) is 13.6. The van der Waals surface area contributed by atoms with E-state index >= 15 is 0 Å². The maximum Gasteiger partial charge on any atom is 0.227 e. The summed E-state index contributed by atoms with van der Waals surface area (Å²) in [6, 6.07) is 8.01. The van der Waals surface area contributed by atoms with E-state index in [-0.39, 0.29) is 5.75 Å². The van der Waals surface area contributed by atoms with Crippen molar-refractivity contribution in [2.24, 2.45) is 0 Å². The predicted octanol–water partition coefficient (Wildman–Crippen LogP) is 4.09. The number of rotatable bonds is 1. The molecule has 3 rings (SSSR count). The van der Waals surface area contributed by atoms with Gasteiger partial charge in [-0.25, -0.2) is 4.98 Å². The SMILES string of the molecule is Nc1ccc(-c2nc3cc(Cl)cc(Cl)c3o2)cc1O. The van der Waals surface area contributed by atoms with E-state index in [1.54, 1.807) is 24.3 Å². The van der Waals surface area contributed by atoms with E-state index < -0.39 is 0 Å². The molecule has 0 saturated heterocycles. The van der Waals surface area contributed by atoms with E-state index in [1.807, 2.05) is 0 Å². The molecule has 0 amide bonds. The molecule has 2 aromatic carbocycles. The third-order valence-corrected chi connectivity index (χ3v) is 3.19. The van der Waals surface area contributed by atoms with Crippen LogP contribution in [0.5, 0.6) is 5.75 Å². The van der Waals surface area contributed by atoms with E-state index in [2.05, 4.69) is 4.98 Å². The molecule has 3 aromatic rings. The van der Waals surface area contributed by atoms with Crippen LogP contribution in [0.25, 0.3) is 22.6 Å². The Balaban J connectivity index is 2.20. The highest BCUT2D eigenvalue weighted by Crippen LogP contribution is 2.33. The number of phenols is 1. The molecule has 0 atom stereocenters. The van der Waals surface area contributed by atoms with Crippen molar-refractivity contribution >= 4 is 40.0 Å². The smallest absolute Gasteiger partial charge is 0.227 e. The summed E-state index contributed by atoms with van der Waals surface area (Å²) in [5, 5.41) is 10.5. The third kappa shape index (κ3) is 2.09. The molecule has 0 unspecified atom stereocenters. The quantitative estimate of drug-likeness (QED) is 0.524. The van der Waals surface area contributed by atoms with Crippen molar-refractivity contribution < 1.29 is 9.52 Å². The molecular weight excluding hydrogens is 287 g/mol. The minimum absolute atomic E-state index is 0.0242. The van der Waals surface area contributed by atoms with E-state index in [4.69, 9.17) is 33.4 Å². The predicted molar refractivity (Wildman–Crippen MR) is 75.5 cm³/mol. The van der Waals surface area contributed by atoms with Gasteiger partial charge in [0.05, 0.1) is 10.7 Å². The highest BCUT2D eigenvalue weighted by Gasteiger charge is 2.13. The average Bonchev–Trinajstić information content (AvgIpc) is 2.76. The van der Waals surface area contributed by atoms with Crippen LogP contribution in [0.3, 0.4) is 0 Å². The molecule has 3 N–H and O–H groups in total. The number of aromatic hydroxyl groups is 1. The van der Waals surface area contributed by atoms with Crippen LogP contribution in [0.15, 0.2) is 34.7 Å². The normalized spacial score (nSPS) is 11.1. The summed E-state index contributed by atoms with van der Waals surface area (Å²) in [5.41, 5.74) is 7.46. The fourth-order valence-corrected chi connectivity index (χ4v) is 2.28. The number of nitrogen functional groups attached to an aromatic ring is 1. The summed E-state index contributed by atoms with van der Waals surface area (Å²) in [6.07, 6.45) is 0. The topological polar surface area (TPSA) is 72.3 Å². The Hall–Kier alpha value is -1.91. The van der Waals surface area contributed by atoms with Gasteiger partial charge in [0.2, 0.25) is 5.89 Å². The first kappa shape index (κ1) is 12.1. The van der Waals surface area contributed by atoms with E-state index in [1.165, 1.54) is 6.07 Å². The number of nitrogens with two attached hydrogens (primary N) is 1. The van der Waals surface area contributed by atoms with Crippen LogP contribution in [0.4, 0.5) is 5.69 Å². The summed E-state index contributed by atoms with van der Waals surface area (Å²) >= 11 is 11.9. The van der Waals surface area contributed by atoms with Gasteiger partial charge in [0.15, 0.2) is 5.58 Å². The monoisotopic (exact) mass is 294 g/mol. The Labute approximate surface area is 118 Å². The van der Waals surface area contributed by atoms with Crippen molar-refractivity contribution in [3.63, 3.8) is 0 Å². The molecule has 0 fully saturated rings. The number of benzene rings is 2. The molecule has 0 spiro atoms. The van der Waals surface area contributed by atoms with Crippen molar-refractivity contribution in [3.05, 3.63) is 40.4 Å². The number of oxazole rings is 1. The van der Waals surface area contributed by atoms with Crippen molar-refractivity contribution in [1.82, 2.24) is 4.98 Å². The second kappa shape index (κ2) is 4.33. The van der Waals surface area contributed by atoms with E-state index in [0.29, 0.717) is 38.3 Å². The lowest BCUT2D eigenvalue weighted by atomic mass is 10.2. The van der Waals surface area contributed by atoms with Crippen molar-refractivity contribution in [2.45, 2.75) is 0 Å². The number of nitrogens with zero attached hydrogens (tertiary/aromatic N) is 1. The second-order valence-electron chi connectivity index (χ2n) is 4.03. The standard InChI is InChI=1S/C13H8Cl2N2O2/c14-7-4-8(15)12-10(5-7)17-13(19-12)6-1-2-9(16)11(18)3-6/h1-5,18H,16H2. The second-order valence-corrected chi connectivity index (χ2v) is 4.87. The number of phenolic OH excluding ortho intramolecular Hbond substituents is 1. The van der Waals surface area contributed by atoms with Crippen LogP contribution in [0, 0.1) is 0 Å². The van der Waals surface area contributed by atoms with Gasteiger partial charge in [-0.2, -0.15) is 0 Å². The van der Waals surface area contributed by atoms with Gasteiger partial charge in [-0.1, -0.05) is 23.2 Å². The van der Waals surface area contributed by atoms with Crippen LogP contribution in [0.1, 0.15) is 0 Å². The first-order valence-electron chi connectivity index (χ1n) is 5.39. The molecule has 96 valence electrons. The van der Waals surface area contributed by atoms with Gasteiger partial charge in [0.1, 0.15) is 11.3 Å². The number of fused-ring (bicyclic) bond motifs is 1. The van der Waals surface area contributed by atoms with Gasteiger partial charge >= 0.3 is 0 Å². The van der Waals surface area contributed by atoms with E-state index in [0.717, 1.165) is 0 Å².